The Morgan fingerprint density at radius 2 is 1.97 bits per heavy atom. The topological polar surface area (TPSA) is 155 Å². The van der Waals surface area contributed by atoms with Gasteiger partial charge in [0, 0.05) is 38.3 Å². The Kier molecular flexibility index (Phi) is 12.4. The van der Waals surface area contributed by atoms with Gasteiger partial charge in [0.2, 0.25) is 12.3 Å². The SMILES string of the molecule is C#Cc1ccc(C(NC=O)C(C)(C)C#N)cc1.CC1(CC(=O)N2CCC(O)C2)CCOCC1.NN. The van der Waals surface area contributed by atoms with E-state index >= 15 is 0 Å². The molecule has 2 amide bonds. The van der Waals surface area contributed by atoms with Gasteiger partial charge in [0.1, 0.15) is 0 Å². The van der Waals surface area contributed by atoms with Crippen molar-refractivity contribution in [1.29, 1.82) is 5.26 Å². The van der Waals surface area contributed by atoms with Crippen molar-refractivity contribution in [1.82, 2.24) is 10.2 Å². The number of aliphatic hydroxyl groups is 1. The minimum atomic E-state index is -0.682. The lowest BCUT2D eigenvalue weighted by Crippen LogP contribution is -2.36. The average molecular weight is 486 g/mol. The van der Waals surface area contributed by atoms with E-state index in [1.54, 1.807) is 30.9 Å². The van der Waals surface area contributed by atoms with Crippen LogP contribution in [0.25, 0.3) is 0 Å². The maximum Gasteiger partial charge on any atom is 0.223 e. The minimum absolute atomic E-state index is 0.100. The number of nitriles is 1. The van der Waals surface area contributed by atoms with Crippen LogP contribution in [-0.4, -0.2) is 54.7 Å². The summed E-state index contributed by atoms with van der Waals surface area (Å²) >= 11 is 0. The number of nitrogens with zero attached hydrogens (tertiary/aromatic N) is 2. The molecular weight excluding hydrogens is 446 g/mol. The van der Waals surface area contributed by atoms with E-state index in [4.69, 9.17) is 16.4 Å². The van der Waals surface area contributed by atoms with Crippen molar-refractivity contribution in [3.63, 3.8) is 0 Å². The summed E-state index contributed by atoms with van der Waals surface area (Å²) in [5.41, 5.74) is 1.05. The second kappa shape index (κ2) is 14.4. The van der Waals surface area contributed by atoms with Gasteiger partial charge in [0.25, 0.3) is 0 Å². The number of nitrogens with one attached hydrogen (secondary N) is 1. The largest absolute Gasteiger partial charge is 0.391 e. The summed E-state index contributed by atoms with van der Waals surface area (Å²) in [7, 11) is 0. The van der Waals surface area contributed by atoms with Crippen molar-refractivity contribution < 1.29 is 19.4 Å². The van der Waals surface area contributed by atoms with E-state index in [0.29, 0.717) is 25.9 Å². The molecule has 1 aromatic rings. The Morgan fingerprint density at radius 1 is 1.37 bits per heavy atom. The molecule has 0 bridgehead atoms. The highest BCUT2D eigenvalue weighted by Gasteiger charge is 2.34. The lowest BCUT2D eigenvalue weighted by molar-refractivity contribution is -0.134. The van der Waals surface area contributed by atoms with Crippen LogP contribution in [0.2, 0.25) is 0 Å². The predicted octanol–water partition coefficient (Wildman–Crippen LogP) is 1.61. The summed E-state index contributed by atoms with van der Waals surface area (Å²) in [4.78, 5) is 24.5. The van der Waals surface area contributed by atoms with Gasteiger partial charge in [-0.3, -0.25) is 21.3 Å². The molecule has 2 aliphatic heterocycles. The van der Waals surface area contributed by atoms with E-state index in [9.17, 15) is 14.7 Å². The van der Waals surface area contributed by atoms with Crippen LogP contribution in [0.3, 0.4) is 0 Å². The molecule has 2 atom stereocenters. The molecule has 0 aromatic heterocycles. The molecule has 0 saturated carbocycles. The zero-order valence-electron chi connectivity index (χ0n) is 21.0. The normalized spacial score (nSPS) is 19.4. The van der Waals surface area contributed by atoms with Gasteiger partial charge in [-0.1, -0.05) is 25.0 Å². The van der Waals surface area contributed by atoms with E-state index < -0.39 is 5.41 Å². The standard InChI is InChI=1S/C14H14N2O.C12H21NO3.H4N2/c1-4-11-5-7-12(8-6-11)13(16-10-17)14(2,3)9-15;1-12(3-6-16-7-4-12)8-11(15)13-5-2-10(14)9-13;1-2/h1,5-8,10,13H,2-3H3,(H,16,17);10,14H,2-9H2,1H3;1-2H2. The highest BCUT2D eigenvalue weighted by molar-refractivity contribution is 5.77. The summed E-state index contributed by atoms with van der Waals surface area (Å²) in [6, 6.07) is 9.09. The number of nitrogens with two attached hydrogens (primary N) is 2. The Hall–Kier alpha value is -2.95. The summed E-state index contributed by atoms with van der Waals surface area (Å²) in [5, 5.41) is 21.2. The van der Waals surface area contributed by atoms with Crippen LogP contribution in [0.5, 0.6) is 0 Å². The number of benzene rings is 1. The first-order valence-corrected chi connectivity index (χ1v) is 11.7. The molecule has 3 rings (SSSR count). The summed E-state index contributed by atoms with van der Waals surface area (Å²) in [5.74, 6) is 10.7. The van der Waals surface area contributed by atoms with Gasteiger partial charge in [-0.05, 0) is 56.2 Å². The molecule has 9 heteroatoms. The number of terminal acetylenes is 1. The summed E-state index contributed by atoms with van der Waals surface area (Å²) in [6.07, 6.45) is 8.83. The first kappa shape index (κ1) is 30.1. The number of amides is 2. The molecule has 2 heterocycles. The quantitative estimate of drug-likeness (QED) is 0.206. The van der Waals surface area contributed by atoms with Gasteiger partial charge in [0.05, 0.1) is 23.6 Å². The highest BCUT2D eigenvalue weighted by Crippen LogP contribution is 2.34. The number of ether oxygens (including phenoxy) is 1. The lowest BCUT2D eigenvalue weighted by Gasteiger charge is -2.34. The Morgan fingerprint density at radius 3 is 2.43 bits per heavy atom. The molecule has 2 saturated heterocycles. The first-order chi connectivity index (χ1) is 16.6. The van der Waals surface area contributed by atoms with Crippen LogP contribution < -0.4 is 17.0 Å². The van der Waals surface area contributed by atoms with Crippen LogP contribution in [0.15, 0.2) is 24.3 Å². The minimum Gasteiger partial charge on any atom is -0.391 e. The van der Waals surface area contributed by atoms with Crippen molar-refractivity contribution in [3.8, 4) is 18.4 Å². The number of hydrogen-bond donors (Lipinski definition) is 4. The Bertz CT molecular complexity index is 882. The van der Waals surface area contributed by atoms with Crippen LogP contribution >= 0.6 is 0 Å². The fourth-order valence-electron chi connectivity index (χ4n) is 4.11. The fourth-order valence-corrected chi connectivity index (χ4v) is 4.11. The molecule has 35 heavy (non-hydrogen) atoms. The number of aliphatic hydroxyl groups excluding tert-OH is 1. The molecule has 6 N–H and O–H groups in total. The second-order valence-electron chi connectivity index (χ2n) is 9.70. The van der Waals surface area contributed by atoms with Crippen LogP contribution in [0.4, 0.5) is 0 Å². The molecule has 2 fully saturated rings. The predicted molar refractivity (Wildman–Crippen MR) is 134 cm³/mol. The van der Waals surface area contributed by atoms with Gasteiger partial charge < -0.3 is 20.1 Å². The maximum absolute atomic E-state index is 12.0. The molecule has 0 spiro atoms. The Labute approximate surface area is 208 Å². The fraction of sp³-hybridized carbons (Fsp3) is 0.577. The maximum atomic E-state index is 12.0. The van der Waals surface area contributed by atoms with Crippen LogP contribution in [-0.2, 0) is 14.3 Å². The second-order valence-corrected chi connectivity index (χ2v) is 9.70. The molecule has 192 valence electrons. The van der Waals surface area contributed by atoms with Gasteiger partial charge in [-0.2, -0.15) is 5.26 Å². The molecular formula is C26H39N5O4. The van der Waals surface area contributed by atoms with Crippen molar-refractivity contribution in [3.05, 3.63) is 35.4 Å². The zero-order valence-corrected chi connectivity index (χ0v) is 21.0. The van der Waals surface area contributed by atoms with Crippen molar-refractivity contribution in [2.24, 2.45) is 22.5 Å². The van der Waals surface area contributed by atoms with Gasteiger partial charge in [-0.25, -0.2) is 0 Å². The van der Waals surface area contributed by atoms with Crippen molar-refractivity contribution in [2.45, 2.75) is 58.6 Å². The number of β-amino-alcohol motifs (C(OH)–C–C–N with tert-alkyl or cyclic N) is 1. The third-order valence-corrected chi connectivity index (χ3v) is 6.45. The lowest BCUT2D eigenvalue weighted by atomic mass is 9.79. The van der Waals surface area contributed by atoms with Crippen molar-refractivity contribution in [2.75, 3.05) is 26.3 Å². The van der Waals surface area contributed by atoms with E-state index in [2.05, 4.69) is 35.9 Å². The van der Waals surface area contributed by atoms with Gasteiger partial charge >= 0.3 is 0 Å². The van der Waals surface area contributed by atoms with Gasteiger partial charge in [0.15, 0.2) is 0 Å². The van der Waals surface area contributed by atoms with E-state index in [1.165, 1.54) is 0 Å². The Balaban J connectivity index is 0.000000327. The van der Waals surface area contributed by atoms with Gasteiger partial charge in [-0.15, -0.1) is 6.42 Å². The number of rotatable bonds is 6. The smallest absolute Gasteiger partial charge is 0.223 e. The van der Waals surface area contributed by atoms with E-state index in [-0.39, 0.29) is 23.5 Å². The zero-order chi connectivity index (χ0) is 26.5. The van der Waals surface area contributed by atoms with Crippen LogP contribution in [0.1, 0.15) is 63.6 Å². The van der Waals surface area contributed by atoms with Crippen LogP contribution in [0, 0.1) is 34.5 Å². The first-order valence-electron chi connectivity index (χ1n) is 11.7. The molecule has 0 aliphatic carbocycles. The number of carbonyl (C=O) groups is 2. The molecule has 1 aromatic carbocycles. The summed E-state index contributed by atoms with van der Waals surface area (Å²) in [6.45, 7) is 8.50. The number of likely N-dealkylation sites (tertiary alicyclic amines) is 1. The molecule has 2 aliphatic rings. The number of hydrazine groups is 1. The molecule has 0 radical (unpaired) electrons. The third kappa shape index (κ3) is 9.31. The monoisotopic (exact) mass is 485 g/mol. The van der Waals surface area contributed by atoms with E-state index in [1.807, 2.05) is 12.1 Å². The summed E-state index contributed by atoms with van der Waals surface area (Å²) < 4.78 is 5.32. The van der Waals surface area contributed by atoms with E-state index in [0.717, 1.165) is 43.6 Å². The highest BCUT2D eigenvalue weighted by atomic mass is 16.5. The number of hydrogen-bond acceptors (Lipinski definition) is 7. The average Bonchev–Trinajstić information content (AvgIpc) is 3.31. The van der Waals surface area contributed by atoms with Crippen molar-refractivity contribution >= 4 is 12.3 Å². The molecule has 2 unspecified atom stereocenters. The number of carbonyl (C=O) groups excluding carboxylic acids is 2. The third-order valence-electron chi connectivity index (χ3n) is 6.45. The molecule has 9 nitrogen and oxygen atoms in total.